The van der Waals surface area contributed by atoms with Crippen LogP contribution in [0, 0.1) is 5.92 Å². The third-order valence-electron chi connectivity index (χ3n) is 4.42. The van der Waals surface area contributed by atoms with Crippen LogP contribution in [0.1, 0.15) is 51.6 Å². The molecule has 2 unspecified atom stereocenters. The van der Waals surface area contributed by atoms with Gasteiger partial charge in [-0.2, -0.15) is 0 Å². The average molecular weight is 262 g/mol. The second-order valence-corrected chi connectivity index (χ2v) is 5.78. The molecule has 1 aromatic rings. The lowest BCUT2D eigenvalue weighted by atomic mass is 9.73. The Morgan fingerprint density at radius 3 is 2.95 bits per heavy atom. The van der Waals surface area contributed by atoms with Gasteiger partial charge in [0.2, 0.25) is 0 Å². The molecule has 0 spiro atoms. The molecule has 1 fully saturated rings. The van der Waals surface area contributed by atoms with Crippen molar-refractivity contribution in [3.05, 3.63) is 18.1 Å². The fourth-order valence-electron chi connectivity index (χ4n) is 3.07. The smallest absolute Gasteiger partial charge is 0.130 e. The molecule has 4 heteroatoms. The van der Waals surface area contributed by atoms with Gasteiger partial charge in [0.25, 0.3) is 0 Å². The van der Waals surface area contributed by atoms with Gasteiger partial charge in [0.05, 0.1) is 5.54 Å². The Morgan fingerprint density at radius 2 is 2.26 bits per heavy atom. The van der Waals surface area contributed by atoms with Crippen molar-refractivity contribution in [2.24, 2.45) is 11.7 Å². The molecule has 0 amide bonds. The maximum Gasteiger partial charge on any atom is 0.130 e. The molecular formula is C15H26N4. The number of nitrogens with two attached hydrogens (primary N) is 1. The Morgan fingerprint density at radius 1 is 1.42 bits per heavy atom. The molecule has 0 saturated heterocycles. The first-order valence-corrected chi connectivity index (χ1v) is 7.49. The van der Waals surface area contributed by atoms with Crippen LogP contribution in [0.2, 0.25) is 0 Å². The van der Waals surface area contributed by atoms with Crippen molar-refractivity contribution >= 4 is 5.82 Å². The predicted molar refractivity (Wildman–Crippen MR) is 79.1 cm³/mol. The summed E-state index contributed by atoms with van der Waals surface area (Å²) in [5.41, 5.74) is 7.18. The van der Waals surface area contributed by atoms with Crippen molar-refractivity contribution in [3.63, 3.8) is 0 Å². The fraction of sp³-hybridized carbons (Fsp3) is 0.733. The number of aryl methyl sites for hydroxylation is 1. The molecule has 2 rings (SSSR count). The first-order valence-electron chi connectivity index (χ1n) is 7.49. The van der Waals surface area contributed by atoms with E-state index >= 15 is 0 Å². The van der Waals surface area contributed by atoms with Gasteiger partial charge in [0.1, 0.15) is 12.1 Å². The normalized spacial score (nSPS) is 27.2. The maximum atomic E-state index is 6.07. The van der Waals surface area contributed by atoms with Gasteiger partial charge in [-0.1, -0.05) is 33.1 Å². The Bertz CT molecular complexity index is 407. The third-order valence-corrected chi connectivity index (χ3v) is 4.42. The zero-order valence-electron chi connectivity index (χ0n) is 12.2. The van der Waals surface area contributed by atoms with E-state index in [-0.39, 0.29) is 5.54 Å². The van der Waals surface area contributed by atoms with E-state index in [0.29, 0.717) is 12.5 Å². The van der Waals surface area contributed by atoms with Crippen LogP contribution in [0.3, 0.4) is 0 Å². The standard InChI is InChI=1S/C15H26N4/c1-3-6-13-9-14(18-11-17-13)19-15(10-16)8-5-4-7-12(15)2/h9,11-12H,3-8,10,16H2,1-2H3,(H,17,18,19). The largest absolute Gasteiger partial charge is 0.363 e. The number of aromatic nitrogens is 2. The van der Waals surface area contributed by atoms with E-state index in [4.69, 9.17) is 5.73 Å². The first kappa shape index (κ1) is 14.3. The lowest BCUT2D eigenvalue weighted by molar-refractivity contribution is 0.235. The summed E-state index contributed by atoms with van der Waals surface area (Å²) in [4.78, 5) is 8.67. The van der Waals surface area contributed by atoms with Gasteiger partial charge >= 0.3 is 0 Å². The minimum absolute atomic E-state index is 0.0100. The molecule has 1 heterocycles. The van der Waals surface area contributed by atoms with Gasteiger partial charge < -0.3 is 11.1 Å². The van der Waals surface area contributed by atoms with Gasteiger partial charge in [-0.15, -0.1) is 0 Å². The van der Waals surface area contributed by atoms with Crippen LogP contribution in [-0.2, 0) is 6.42 Å². The molecule has 1 aromatic heterocycles. The zero-order chi connectivity index (χ0) is 13.7. The van der Waals surface area contributed by atoms with Crippen LogP contribution in [0.25, 0.3) is 0 Å². The highest BCUT2D eigenvalue weighted by molar-refractivity contribution is 5.39. The van der Waals surface area contributed by atoms with E-state index in [1.807, 2.05) is 0 Å². The van der Waals surface area contributed by atoms with Crippen molar-refractivity contribution in [2.75, 3.05) is 11.9 Å². The molecule has 19 heavy (non-hydrogen) atoms. The van der Waals surface area contributed by atoms with Crippen molar-refractivity contribution in [2.45, 2.75) is 57.9 Å². The molecule has 3 N–H and O–H groups in total. The molecule has 0 bridgehead atoms. The van der Waals surface area contributed by atoms with E-state index in [1.54, 1.807) is 6.33 Å². The number of anilines is 1. The summed E-state index contributed by atoms with van der Waals surface area (Å²) in [6, 6.07) is 2.07. The second-order valence-electron chi connectivity index (χ2n) is 5.78. The Balaban J connectivity index is 2.15. The van der Waals surface area contributed by atoms with Crippen molar-refractivity contribution in [1.29, 1.82) is 0 Å². The van der Waals surface area contributed by atoms with E-state index in [9.17, 15) is 0 Å². The van der Waals surface area contributed by atoms with Crippen molar-refractivity contribution in [3.8, 4) is 0 Å². The number of hydrogen-bond donors (Lipinski definition) is 2. The lowest BCUT2D eigenvalue weighted by Gasteiger charge is -2.43. The summed E-state index contributed by atoms with van der Waals surface area (Å²) >= 11 is 0. The second kappa shape index (κ2) is 6.33. The molecule has 0 aliphatic heterocycles. The fourth-order valence-corrected chi connectivity index (χ4v) is 3.07. The zero-order valence-corrected chi connectivity index (χ0v) is 12.2. The van der Waals surface area contributed by atoms with Crippen LogP contribution >= 0.6 is 0 Å². The first-order chi connectivity index (χ1) is 9.20. The Labute approximate surface area is 116 Å². The van der Waals surface area contributed by atoms with Crippen LogP contribution < -0.4 is 11.1 Å². The van der Waals surface area contributed by atoms with Gasteiger partial charge in [-0.05, 0) is 25.2 Å². The lowest BCUT2D eigenvalue weighted by Crippen LogP contribution is -2.52. The summed E-state index contributed by atoms with van der Waals surface area (Å²) in [5, 5.41) is 3.62. The highest BCUT2D eigenvalue weighted by atomic mass is 15.1. The van der Waals surface area contributed by atoms with E-state index in [1.165, 1.54) is 19.3 Å². The van der Waals surface area contributed by atoms with Crippen LogP contribution in [0.5, 0.6) is 0 Å². The van der Waals surface area contributed by atoms with E-state index in [2.05, 4.69) is 35.2 Å². The Kier molecular flexibility index (Phi) is 4.75. The topological polar surface area (TPSA) is 63.8 Å². The number of nitrogens with one attached hydrogen (secondary N) is 1. The Hall–Kier alpha value is -1.16. The molecule has 0 aromatic carbocycles. The summed E-state index contributed by atoms with van der Waals surface area (Å²) < 4.78 is 0. The third kappa shape index (κ3) is 3.24. The molecule has 4 nitrogen and oxygen atoms in total. The SMILES string of the molecule is CCCc1cc(NC2(CN)CCCCC2C)ncn1. The van der Waals surface area contributed by atoms with Crippen molar-refractivity contribution < 1.29 is 0 Å². The minimum Gasteiger partial charge on any atom is -0.363 e. The van der Waals surface area contributed by atoms with Crippen LogP contribution in [0.4, 0.5) is 5.82 Å². The molecule has 0 radical (unpaired) electrons. The maximum absolute atomic E-state index is 6.07. The molecular weight excluding hydrogens is 236 g/mol. The summed E-state index contributed by atoms with van der Waals surface area (Å²) in [6.45, 7) is 5.13. The van der Waals surface area contributed by atoms with Gasteiger partial charge in [0.15, 0.2) is 0 Å². The monoisotopic (exact) mass is 262 g/mol. The van der Waals surface area contributed by atoms with E-state index in [0.717, 1.165) is 30.8 Å². The quantitative estimate of drug-likeness (QED) is 0.856. The van der Waals surface area contributed by atoms with Crippen LogP contribution in [0.15, 0.2) is 12.4 Å². The number of hydrogen-bond acceptors (Lipinski definition) is 4. The molecule has 2 atom stereocenters. The van der Waals surface area contributed by atoms with Gasteiger partial charge in [0, 0.05) is 18.3 Å². The summed E-state index contributed by atoms with van der Waals surface area (Å²) in [5.74, 6) is 1.52. The molecule has 1 saturated carbocycles. The average Bonchev–Trinajstić information content (AvgIpc) is 2.42. The summed E-state index contributed by atoms with van der Waals surface area (Å²) in [7, 11) is 0. The predicted octanol–water partition coefficient (Wildman–Crippen LogP) is 2.75. The summed E-state index contributed by atoms with van der Waals surface area (Å²) in [6.07, 6.45) is 8.72. The van der Waals surface area contributed by atoms with Gasteiger partial charge in [-0.25, -0.2) is 9.97 Å². The molecule has 1 aliphatic rings. The molecule has 106 valence electrons. The van der Waals surface area contributed by atoms with Crippen molar-refractivity contribution in [1.82, 2.24) is 9.97 Å². The minimum atomic E-state index is 0.0100. The highest BCUT2D eigenvalue weighted by Crippen LogP contribution is 2.35. The highest BCUT2D eigenvalue weighted by Gasteiger charge is 2.37. The van der Waals surface area contributed by atoms with Gasteiger partial charge in [-0.3, -0.25) is 0 Å². The van der Waals surface area contributed by atoms with E-state index < -0.39 is 0 Å². The number of rotatable bonds is 5. The number of nitrogens with zero attached hydrogens (tertiary/aromatic N) is 2. The molecule has 1 aliphatic carbocycles. The van der Waals surface area contributed by atoms with Crippen LogP contribution in [-0.4, -0.2) is 22.1 Å².